The largest absolute Gasteiger partial charge is 0.391 e. The van der Waals surface area contributed by atoms with Crippen LogP contribution in [0.5, 0.6) is 0 Å². The molecule has 1 heterocycles. The van der Waals surface area contributed by atoms with E-state index in [1.54, 1.807) is 37.3 Å². The SMILES string of the molecule is CNc1cc(C(=O)N(C)C2CCCCC2O)ccn1. The van der Waals surface area contributed by atoms with Crippen LogP contribution in [0.25, 0.3) is 0 Å². The van der Waals surface area contributed by atoms with Gasteiger partial charge in [0.05, 0.1) is 12.1 Å². The highest BCUT2D eigenvalue weighted by Crippen LogP contribution is 2.23. The quantitative estimate of drug-likeness (QED) is 0.867. The zero-order valence-corrected chi connectivity index (χ0v) is 11.5. The van der Waals surface area contributed by atoms with Crippen LogP contribution < -0.4 is 5.32 Å². The summed E-state index contributed by atoms with van der Waals surface area (Å²) in [6.45, 7) is 0. The molecule has 1 aliphatic carbocycles. The standard InChI is InChI=1S/C14H21N3O2/c1-15-13-9-10(7-8-16-13)14(19)17(2)11-5-3-4-6-12(11)18/h7-9,11-12,18H,3-6H2,1-2H3,(H,15,16). The van der Waals surface area contributed by atoms with E-state index in [1.165, 1.54) is 0 Å². The van der Waals surface area contributed by atoms with Crippen molar-refractivity contribution in [2.75, 3.05) is 19.4 Å². The monoisotopic (exact) mass is 263 g/mol. The molecule has 0 bridgehead atoms. The summed E-state index contributed by atoms with van der Waals surface area (Å²) in [6, 6.07) is 3.36. The number of carbonyl (C=O) groups is 1. The van der Waals surface area contributed by atoms with Crippen LogP contribution in [0.15, 0.2) is 18.3 Å². The third-order valence-corrected chi connectivity index (χ3v) is 3.77. The first-order chi connectivity index (χ1) is 9.13. The van der Waals surface area contributed by atoms with Gasteiger partial charge in [-0.1, -0.05) is 12.8 Å². The fraction of sp³-hybridized carbons (Fsp3) is 0.571. The van der Waals surface area contributed by atoms with Gasteiger partial charge in [-0.3, -0.25) is 4.79 Å². The predicted octanol–water partition coefficient (Wildman–Crippen LogP) is 1.50. The first-order valence-corrected chi connectivity index (χ1v) is 6.72. The first kappa shape index (κ1) is 13.8. The maximum absolute atomic E-state index is 12.4. The van der Waals surface area contributed by atoms with Gasteiger partial charge in [-0.05, 0) is 25.0 Å². The maximum Gasteiger partial charge on any atom is 0.254 e. The molecule has 5 heteroatoms. The smallest absolute Gasteiger partial charge is 0.254 e. The fourth-order valence-corrected chi connectivity index (χ4v) is 2.60. The van der Waals surface area contributed by atoms with Crippen LogP contribution in [0.4, 0.5) is 5.82 Å². The van der Waals surface area contributed by atoms with E-state index in [0.717, 1.165) is 25.7 Å². The van der Waals surface area contributed by atoms with Crippen LogP contribution in [0.3, 0.4) is 0 Å². The van der Waals surface area contributed by atoms with Gasteiger partial charge in [-0.15, -0.1) is 0 Å². The highest BCUT2D eigenvalue weighted by molar-refractivity contribution is 5.94. The van der Waals surface area contributed by atoms with Crippen molar-refractivity contribution in [3.8, 4) is 0 Å². The summed E-state index contributed by atoms with van der Waals surface area (Å²) in [4.78, 5) is 18.2. The third-order valence-electron chi connectivity index (χ3n) is 3.77. The molecule has 19 heavy (non-hydrogen) atoms. The second kappa shape index (κ2) is 6.02. The summed E-state index contributed by atoms with van der Waals surface area (Å²) < 4.78 is 0. The van der Waals surface area contributed by atoms with E-state index in [9.17, 15) is 9.90 Å². The number of anilines is 1. The number of hydrogen-bond acceptors (Lipinski definition) is 4. The molecular formula is C14H21N3O2. The number of likely N-dealkylation sites (N-methyl/N-ethyl adjacent to an activating group) is 1. The molecule has 2 unspecified atom stereocenters. The minimum atomic E-state index is -0.409. The number of nitrogens with one attached hydrogen (secondary N) is 1. The Balaban J connectivity index is 2.13. The van der Waals surface area contributed by atoms with Gasteiger partial charge in [0.2, 0.25) is 0 Å². The van der Waals surface area contributed by atoms with Crippen molar-refractivity contribution in [3.63, 3.8) is 0 Å². The molecule has 0 aromatic carbocycles. The fourth-order valence-electron chi connectivity index (χ4n) is 2.60. The predicted molar refractivity (Wildman–Crippen MR) is 74.1 cm³/mol. The van der Waals surface area contributed by atoms with Crippen LogP contribution in [0, 0.1) is 0 Å². The van der Waals surface area contributed by atoms with Gasteiger partial charge < -0.3 is 15.3 Å². The van der Waals surface area contributed by atoms with Crippen LogP contribution in [-0.2, 0) is 0 Å². The van der Waals surface area contributed by atoms with Crippen molar-refractivity contribution < 1.29 is 9.90 Å². The molecule has 1 amide bonds. The van der Waals surface area contributed by atoms with Crippen molar-refractivity contribution >= 4 is 11.7 Å². The van der Waals surface area contributed by atoms with E-state index in [1.807, 2.05) is 0 Å². The Morgan fingerprint density at radius 3 is 2.89 bits per heavy atom. The number of aliphatic hydroxyl groups excluding tert-OH is 1. The highest BCUT2D eigenvalue weighted by atomic mass is 16.3. The number of aliphatic hydroxyl groups is 1. The Hall–Kier alpha value is -1.62. The van der Waals surface area contributed by atoms with Crippen molar-refractivity contribution in [2.45, 2.75) is 37.8 Å². The minimum Gasteiger partial charge on any atom is -0.391 e. The lowest BCUT2D eigenvalue weighted by Gasteiger charge is -2.35. The van der Waals surface area contributed by atoms with E-state index in [0.29, 0.717) is 11.4 Å². The van der Waals surface area contributed by atoms with Crippen molar-refractivity contribution in [1.29, 1.82) is 0 Å². The summed E-state index contributed by atoms with van der Waals surface area (Å²) in [5, 5.41) is 12.9. The summed E-state index contributed by atoms with van der Waals surface area (Å²) >= 11 is 0. The first-order valence-electron chi connectivity index (χ1n) is 6.72. The number of nitrogens with zero attached hydrogens (tertiary/aromatic N) is 2. The number of rotatable bonds is 3. The van der Waals surface area contributed by atoms with Gasteiger partial charge in [-0.25, -0.2) is 4.98 Å². The zero-order valence-electron chi connectivity index (χ0n) is 11.5. The van der Waals surface area contributed by atoms with Gasteiger partial charge in [0, 0.05) is 25.9 Å². The van der Waals surface area contributed by atoms with Gasteiger partial charge in [0.25, 0.3) is 5.91 Å². The lowest BCUT2D eigenvalue weighted by Crippen LogP contribution is -2.46. The van der Waals surface area contributed by atoms with E-state index >= 15 is 0 Å². The van der Waals surface area contributed by atoms with Crippen LogP contribution >= 0.6 is 0 Å². The van der Waals surface area contributed by atoms with Crippen LogP contribution in [-0.4, -0.2) is 47.1 Å². The Morgan fingerprint density at radius 1 is 1.47 bits per heavy atom. The van der Waals surface area contributed by atoms with Gasteiger partial charge in [-0.2, -0.15) is 0 Å². The second-order valence-corrected chi connectivity index (χ2v) is 5.01. The van der Waals surface area contributed by atoms with Gasteiger partial charge in [0.1, 0.15) is 5.82 Å². The average Bonchev–Trinajstić information content (AvgIpc) is 2.46. The summed E-state index contributed by atoms with van der Waals surface area (Å²) in [7, 11) is 3.53. The van der Waals surface area contributed by atoms with Crippen molar-refractivity contribution in [1.82, 2.24) is 9.88 Å². The summed E-state index contributed by atoms with van der Waals surface area (Å²) in [5.41, 5.74) is 0.597. The van der Waals surface area contributed by atoms with E-state index in [4.69, 9.17) is 0 Å². The number of pyridine rings is 1. The lowest BCUT2D eigenvalue weighted by molar-refractivity contribution is 0.0268. The molecule has 0 saturated heterocycles. The molecule has 1 saturated carbocycles. The van der Waals surface area contributed by atoms with E-state index < -0.39 is 6.10 Å². The molecule has 2 N–H and O–H groups in total. The normalized spacial score (nSPS) is 22.9. The molecule has 1 aromatic rings. The molecular weight excluding hydrogens is 242 g/mol. The number of aromatic nitrogens is 1. The molecule has 1 aromatic heterocycles. The molecule has 5 nitrogen and oxygen atoms in total. The van der Waals surface area contributed by atoms with E-state index in [2.05, 4.69) is 10.3 Å². The van der Waals surface area contributed by atoms with Crippen LogP contribution in [0.1, 0.15) is 36.0 Å². The van der Waals surface area contributed by atoms with E-state index in [-0.39, 0.29) is 11.9 Å². The number of hydrogen-bond donors (Lipinski definition) is 2. The summed E-state index contributed by atoms with van der Waals surface area (Å²) in [5.74, 6) is 0.605. The Kier molecular flexibility index (Phi) is 4.37. The van der Waals surface area contributed by atoms with Gasteiger partial charge >= 0.3 is 0 Å². The number of carbonyl (C=O) groups excluding carboxylic acids is 1. The third kappa shape index (κ3) is 3.04. The molecule has 2 atom stereocenters. The second-order valence-electron chi connectivity index (χ2n) is 5.01. The van der Waals surface area contributed by atoms with Gasteiger partial charge in [0.15, 0.2) is 0 Å². The zero-order chi connectivity index (χ0) is 13.8. The maximum atomic E-state index is 12.4. The molecule has 0 spiro atoms. The van der Waals surface area contributed by atoms with Crippen molar-refractivity contribution in [2.24, 2.45) is 0 Å². The Morgan fingerprint density at radius 2 is 2.21 bits per heavy atom. The molecule has 0 radical (unpaired) electrons. The Bertz CT molecular complexity index is 450. The lowest BCUT2D eigenvalue weighted by atomic mass is 9.91. The molecule has 1 fully saturated rings. The molecule has 104 valence electrons. The topological polar surface area (TPSA) is 65.5 Å². The van der Waals surface area contributed by atoms with Crippen LogP contribution in [0.2, 0.25) is 0 Å². The highest BCUT2D eigenvalue weighted by Gasteiger charge is 2.29. The molecule has 1 aliphatic rings. The molecule has 0 aliphatic heterocycles. The van der Waals surface area contributed by atoms with Crippen molar-refractivity contribution in [3.05, 3.63) is 23.9 Å². The average molecular weight is 263 g/mol. The minimum absolute atomic E-state index is 0.0650. The summed E-state index contributed by atoms with van der Waals surface area (Å²) in [6.07, 6.45) is 4.96. The molecule has 2 rings (SSSR count). The number of amides is 1. The Labute approximate surface area is 113 Å².